The first-order valence-corrected chi connectivity index (χ1v) is 7.66. The first kappa shape index (κ1) is 12.0. The van der Waals surface area contributed by atoms with Gasteiger partial charge in [0.2, 0.25) is 0 Å². The van der Waals surface area contributed by atoms with E-state index in [1.807, 2.05) is 12.3 Å². The normalized spacial score (nSPS) is 16.7. The molecule has 2 aromatic heterocycles. The van der Waals surface area contributed by atoms with Crippen molar-refractivity contribution in [2.75, 3.05) is 0 Å². The third kappa shape index (κ3) is 1.58. The summed E-state index contributed by atoms with van der Waals surface area (Å²) in [5, 5.41) is 2.45. The minimum absolute atomic E-state index is 0.352. The van der Waals surface area contributed by atoms with Crippen molar-refractivity contribution in [2.45, 2.75) is 19.3 Å². The fraction of sp³-hybridized carbons (Fsp3) is 0.150. The molecule has 1 aliphatic heterocycles. The number of fused-ring (bicyclic) bond motifs is 3. The van der Waals surface area contributed by atoms with Gasteiger partial charge < -0.3 is 4.42 Å². The molecule has 0 radical (unpaired) electrons. The Bertz CT molecular complexity index is 1030. The third-order valence-corrected chi connectivity index (χ3v) is 4.88. The summed E-state index contributed by atoms with van der Waals surface area (Å²) < 4.78 is 6.03. The number of aromatic nitrogens is 1. The minimum atomic E-state index is 0.352. The van der Waals surface area contributed by atoms with Crippen LogP contribution in [0.15, 0.2) is 59.1 Å². The van der Waals surface area contributed by atoms with E-state index in [2.05, 4.69) is 54.4 Å². The highest BCUT2D eigenvalue weighted by molar-refractivity contribution is 5.84. The number of nitrogens with zero attached hydrogens (tertiary/aromatic N) is 1. The molecule has 2 nitrogen and oxygen atoms in total. The molecule has 1 unspecified atom stereocenters. The van der Waals surface area contributed by atoms with Gasteiger partial charge in [-0.25, -0.2) is 0 Å². The van der Waals surface area contributed by atoms with Crippen LogP contribution in [0.2, 0.25) is 0 Å². The molecule has 4 aromatic rings. The van der Waals surface area contributed by atoms with Crippen molar-refractivity contribution in [3.8, 4) is 0 Å². The summed E-state index contributed by atoms with van der Waals surface area (Å²) in [6.45, 7) is 2.16. The molecular formula is C20H15NO. The highest BCUT2D eigenvalue weighted by atomic mass is 16.3. The maximum absolute atomic E-state index is 6.03. The number of pyridine rings is 1. The van der Waals surface area contributed by atoms with Crippen LogP contribution in [0.1, 0.15) is 28.4 Å². The number of hydrogen-bond acceptors (Lipinski definition) is 2. The lowest BCUT2D eigenvalue weighted by atomic mass is 9.84. The molecule has 3 heterocycles. The van der Waals surface area contributed by atoms with Crippen molar-refractivity contribution in [1.82, 2.24) is 4.98 Å². The first-order chi connectivity index (χ1) is 10.8. The summed E-state index contributed by atoms with van der Waals surface area (Å²) in [5.74, 6) is 1.47. The summed E-state index contributed by atoms with van der Waals surface area (Å²) in [6.07, 6.45) is 2.77. The molecule has 0 amide bonds. The van der Waals surface area contributed by atoms with Crippen LogP contribution in [0.5, 0.6) is 0 Å². The monoisotopic (exact) mass is 285 g/mol. The fourth-order valence-corrected chi connectivity index (χ4v) is 3.63. The zero-order chi connectivity index (χ0) is 14.7. The van der Waals surface area contributed by atoms with Crippen molar-refractivity contribution in [3.63, 3.8) is 0 Å². The Morgan fingerprint density at radius 1 is 1.05 bits per heavy atom. The fourth-order valence-electron chi connectivity index (χ4n) is 3.63. The van der Waals surface area contributed by atoms with E-state index < -0.39 is 0 Å². The largest absolute Gasteiger partial charge is 0.461 e. The Labute approximate surface area is 128 Å². The molecule has 0 aliphatic carbocycles. The smallest absolute Gasteiger partial charge is 0.134 e. The molecule has 0 saturated heterocycles. The van der Waals surface area contributed by atoms with Gasteiger partial charge in [-0.3, -0.25) is 4.98 Å². The number of benzene rings is 2. The van der Waals surface area contributed by atoms with E-state index in [1.54, 1.807) is 0 Å². The van der Waals surface area contributed by atoms with Crippen molar-refractivity contribution >= 4 is 21.9 Å². The zero-order valence-corrected chi connectivity index (χ0v) is 12.3. The molecule has 5 rings (SSSR count). The lowest BCUT2D eigenvalue weighted by molar-refractivity contribution is 0.539. The number of hydrogen-bond donors (Lipinski definition) is 0. The minimum Gasteiger partial charge on any atom is -0.461 e. The lowest BCUT2D eigenvalue weighted by Crippen LogP contribution is -2.06. The Kier molecular flexibility index (Phi) is 2.29. The van der Waals surface area contributed by atoms with Gasteiger partial charge in [-0.05, 0) is 47.9 Å². The molecule has 2 heteroatoms. The van der Waals surface area contributed by atoms with Gasteiger partial charge in [0.1, 0.15) is 11.3 Å². The lowest BCUT2D eigenvalue weighted by Gasteiger charge is -2.18. The third-order valence-electron chi connectivity index (χ3n) is 4.88. The quantitative estimate of drug-likeness (QED) is 0.493. The van der Waals surface area contributed by atoms with Crippen molar-refractivity contribution in [1.29, 1.82) is 0 Å². The second kappa shape index (κ2) is 4.20. The summed E-state index contributed by atoms with van der Waals surface area (Å²) in [4.78, 5) is 4.41. The van der Waals surface area contributed by atoms with Gasteiger partial charge in [0.15, 0.2) is 0 Å². The second-order valence-electron chi connectivity index (χ2n) is 6.12. The zero-order valence-electron chi connectivity index (χ0n) is 12.3. The van der Waals surface area contributed by atoms with Crippen LogP contribution in [0.25, 0.3) is 21.9 Å². The van der Waals surface area contributed by atoms with Gasteiger partial charge in [0.05, 0.1) is 5.52 Å². The standard InChI is InChI=1S/C20H15NO/c1-12-16-6-4-14-10-20(16)22-19(12)11-17(14)13-5-7-18-15(9-13)3-2-8-21-18/h2-10,17H,11H2,1H3. The molecule has 1 aliphatic rings. The molecule has 0 N–H and O–H groups in total. The Balaban J connectivity index is 1.72. The number of furan rings is 1. The van der Waals surface area contributed by atoms with Crippen LogP contribution in [-0.4, -0.2) is 4.98 Å². The van der Waals surface area contributed by atoms with Crippen LogP contribution in [0, 0.1) is 6.92 Å². The SMILES string of the molecule is Cc1c2oc3cc(ccc13)C(c1ccc3ncccc3c1)C2. The van der Waals surface area contributed by atoms with Crippen LogP contribution < -0.4 is 0 Å². The van der Waals surface area contributed by atoms with Gasteiger partial charge in [-0.15, -0.1) is 0 Å². The maximum atomic E-state index is 6.03. The predicted octanol–water partition coefficient (Wildman–Crippen LogP) is 4.98. The van der Waals surface area contributed by atoms with Gasteiger partial charge in [-0.1, -0.05) is 24.3 Å². The molecule has 0 saturated carbocycles. The van der Waals surface area contributed by atoms with E-state index in [1.165, 1.54) is 27.5 Å². The average molecular weight is 285 g/mol. The topological polar surface area (TPSA) is 26.0 Å². The Hall–Kier alpha value is -2.61. The first-order valence-electron chi connectivity index (χ1n) is 7.66. The Morgan fingerprint density at radius 3 is 2.86 bits per heavy atom. The van der Waals surface area contributed by atoms with E-state index in [0.717, 1.165) is 23.3 Å². The van der Waals surface area contributed by atoms with Crippen LogP contribution >= 0.6 is 0 Å². The summed E-state index contributed by atoms with van der Waals surface area (Å²) in [7, 11) is 0. The molecule has 22 heavy (non-hydrogen) atoms. The number of rotatable bonds is 1. The van der Waals surface area contributed by atoms with Gasteiger partial charge in [0.25, 0.3) is 0 Å². The highest BCUT2D eigenvalue weighted by Crippen LogP contribution is 2.39. The molecule has 106 valence electrons. The number of aryl methyl sites for hydroxylation is 1. The molecule has 1 atom stereocenters. The summed E-state index contributed by atoms with van der Waals surface area (Å²) in [5.41, 5.74) is 6.02. The van der Waals surface area contributed by atoms with E-state index in [-0.39, 0.29) is 0 Å². The highest BCUT2D eigenvalue weighted by Gasteiger charge is 2.24. The van der Waals surface area contributed by atoms with Gasteiger partial charge in [-0.2, -0.15) is 0 Å². The van der Waals surface area contributed by atoms with Crippen LogP contribution in [0.4, 0.5) is 0 Å². The Morgan fingerprint density at radius 2 is 1.91 bits per heavy atom. The maximum Gasteiger partial charge on any atom is 0.134 e. The molecule has 0 fully saturated rings. The summed E-state index contributed by atoms with van der Waals surface area (Å²) in [6, 6.07) is 17.3. The van der Waals surface area contributed by atoms with Gasteiger partial charge >= 0.3 is 0 Å². The van der Waals surface area contributed by atoms with Crippen molar-refractivity contribution in [2.24, 2.45) is 0 Å². The molecule has 0 spiro atoms. The van der Waals surface area contributed by atoms with Gasteiger partial charge in [0, 0.05) is 29.3 Å². The van der Waals surface area contributed by atoms with E-state index in [4.69, 9.17) is 4.42 Å². The van der Waals surface area contributed by atoms with E-state index in [9.17, 15) is 0 Å². The molecule has 2 aromatic carbocycles. The van der Waals surface area contributed by atoms with Crippen molar-refractivity contribution < 1.29 is 4.42 Å². The molecular weight excluding hydrogens is 270 g/mol. The summed E-state index contributed by atoms with van der Waals surface area (Å²) >= 11 is 0. The van der Waals surface area contributed by atoms with Crippen LogP contribution in [-0.2, 0) is 6.42 Å². The second-order valence-corrected chi connectivity index (χ2v) is 6.12. The van der Waals surface area contributed by atoms with Crippen molar-refractivity contribution in [3.05, 3.63) is 77.2 Å². The predicted molar refractivity (Wildman–Crippen MR) is 88.2 cm³/mol. The van der Waals surface area contributed by atoms with Crippen LogP contribution in [0.3, 0.4) is 0 Å². The van der Waals surface area contributed by atoms with E-state index >= 15 is 0 Å². The molecule has 3 bridgehead atoms. The average Bonchev–Trinajstić information content (AvgIpc) is 2.78. The van der Waals surface area contributed by atoms with E-state index in [0.29, 0.717) is 5.92 Å².